The zero-order valence-corrected chi connectivity index (χ0v) is 15.6. The van der Waals surface area contributed by atoms with Crippen molar-refractivity contribution in [2.45, 2.75) is 63.8 Å². The Morgan fingerprint density at radius 2 is 2.07 bits per heavy atom. The quantitative estimate of drug-likeness (QED) is 0.678. The van der Waals surface area contributed by atoms with Gasteiger partial charge in [0.15, 0.2) is 0 Å². The van der Waals surface area contributed by atoms with E-state index >= 15 is 0 Å². The molecular formula is C20H26N4O3. The van der Waals surface area contributed by atoms with E-state index in [4.69, 9.17) is 0 Å². The van der Waals surface area contributed by atoms with Crippen LogP contribution in [0.15, 0.2) is 18.2 Å². The lowest BCUT2D eigenvalue weighted by molar-refractivity contribution is -0.136. The van der Waals surface area contributed by atoms with Crippen LogP contribution in [0.2, 0.25) is 0 Å². The summed E-state index contributed by atoms with van der Waals surface area (Å²) in [6, 6.07) is 6.07. The highest BCUT2D eigenvalue weighted by Crippen LogP contribution is 2.30. The molecule has 0 aromatic heterocycles. The lowest BCUT2D eigenvalue weighted by Gasteiger charge is -2.31. The molecule has 7 heteroatoms. The number of nitrogens with one attached hydrogen (secondary N) is 3. The van der Waals surface area contributed by atoms with Gasteiger partial charge in [-0.15, -0.1) is 0 Å². The van der Waals surface area contributed by atoms with E-state index in [1.807, 2.05) is 18.2 Å². The standard InChI is InChI=1S/C20H26N4O3/c1-12-16(6-3-9-21-12)22-10-13-4-2-5-14-15(13)11-24(20(14)27)17-7-8-18(25)23-19(17)26/h2,4-5,12,16-17,21-22H,3,6-11H2,1H3,(H,23,25,26)/t12-,16-,17?/m0/s1. The lowest BCUT2D eigenvalue weighted by atomic mass is 9.98. The fourth-order valence-electron chi connectivity index (χ4n) is 4.38. The molecule has 2 fully saturated rings. The first-order valence-corrected chi connectivity index (χ1v) is 9.77. The van der Waals surface area contributed by atoms with Gasteiger partial charge in [0.2, 0.25) is 11.8 Å². The van der Waals surface area contributed by atoms with Crippen molar-refractivity contribution in [1.82, 2.24) is 20.9 Å². The highest BCUT2D eigenvalue weighted by atomic mass is 16.2. The van der Waals surface area contributed by atoms with Crippen molar-refractivity contribution < 1.29 is 14.4 Å². The molecule has 0 radical (unpaired) electrons. The number of hydrogen-bond acceptors (Lipinski definition) is 5. The Balaban J connectivity index is 1.49. The highest BCUT2D eigenvalue weighted by Gasteiger charge is 2.39. The van der Waals surface area contributed by atoms with Crippen molar-refractivity contribution in [3.63, 3.8) is 0 Å². The maximum Gasteiger partial charge on any atom is 0.255 e. The summed E-state index contributed by atoms with van der Waals surface area (Å²) in [6.45, 7) is 4.39. The molecule has 3 amide bonds. The minimum Gasteiger partial charge on any atom is -0.322 e. The zero-order chi connectivity index (χ0) is 19.0. The number of fused-ring (bicyclic) bond motifs is 1. The summed E-state index contributed by atoms with van der Waals surface area (Å²) < 4.78 is 0. The van der Waals surface area contributed by atoms with Crippen LogP contribution in [0.5, 0.6) is 0 Å². The fourth-order valence-corrected chi connectivity index (χ4v) is 4.38. The zero-order valence-electron chi connectivity index (χ0n) is 15.6. The average molecular weight is 370 g/mol. The SMILES string of the molecule is C[C@@H]1NCCC[C@@H]1NCc1cccc2c1CN(C1CCC(=O)NC1=O)C2=O. The molecule has 3 aliphatic heterocycles. The van der Waals surface area contributed by atoms with Crippen molar-refractivity contribution in [2.24, 2.45) is 0 Å². The second-order valence-electron chi connectivity index (χ2n) is 7.72. The smallest absolute Gasteiger partial charge is 0.255 e. The number of piperidine rings is 2. The Bertz CT molecular complexity index is 778. The van der Waals surface area contributed by atoms with Crippen LogP contribution in [-0.4, -0.2) is 47.3 Å². The first-order chi connectivity index (χ1) is 13.0. The van der Waals surface area contributed by atoms with Gasteiger partial charge < -0.3 is 15.5 Å². The Kier molecular flexibility index (Phi) is 4.97. The van der Waals surface area contributed by atoms with Crippen LogP contribution < -0.4 is 16.0 Å². The van der Waals surface area contributed by atoms with E-state index in [0.717, 1.165) is 30.5 Å². The number of nitrogens with zero attached hydrogens (tertiary/aromatic N) is 1. The molecule has 27 heavy (non-hydrogen) atoms. The lowest BCUT2D eigenvalue weighted by Crippen LogP contribution is -2.52. The highest BCUT2D eigenvalue weighted by molar-refractivity contribution is 6.05. The van der Waals surface area contributed by atoms with Gasteiger partial charge >= 0.3 is 0 Å². The molecule has 0 bridgehead atoms. The predicted octanol–water partition coefficient (Wildman–Crippen LogP) is 0.678. The number of benzene rings is 1. The second-order valence-corrected chi connectivity index (χ2v) is 7.72. The summed E-state index contributed by atoms with van der Waals surface area (Å²) >= 11 is 0. The maximum absolute atomic E-state index is 12.9. The van der Waals surface area contributed by atoms with Gasteiger partial charge in [-0.1, -0.05) is 12.1 Å². The molecule has 0 spiro atoms. The summed E-state index contributed by atoms with van der Waals surface area (Å²) in [7, 11) is 0. The van der Waals surface area contributed by atoms with E-state index in [-0.39, 0.29) is 24.1 Å². The van der Waals surface area contributed by atoms with Crippen LogP contribution in [0.1, 0.15) is 54.1 Å². The molecule has 0 aliphatic carbocycles. The molecule has 1 aromatic carbocycles. The Morgan fingerprint density at radius 3 is 2.85 bits per heavy atom. The second kappa shape index (κ2) is 7.40. The number of hydrogen-bond donors (Lipinski definition) is 3. The van der Waals surface area contributed by atoms with E-state index in [1.54, 1.807) is 4.90 Å². The third-order valence-corrected chi connectivity index (χ3v) is 6.00. The molecule has 4 rings (SSSR count). The molecule has 0 saturated carbocycles. The fraction of sp³-hybridized carbons (Fsp3) is 0.550. The summed E-state index contributed by atoms with van der Waals surface area (Å²) in [4.78, 5) is 38.1. The molecule has 3 N–H and O–H groups in total. The van der Waals surface area contributed by atoms with Gasteiger partial charge in [-0.05, 0) is 49.9 Å². The first kappa shape index (κ1) is 18.1. The van der Waals surface area contributed by atoms with Crippen LogP contribution in [0, 0.1) is 0 Å². The van der Waals surface area contributed by atoms with Crippen molar-refractivity contribution >= 4 is 17.7 Å². The van der Waals surface area contributed by atoms with Gasteiger partial charge in [0, 0.05) is 37.2 Å². The van der Waals surface area contributed by atoms with Gasteiger partial charge in [-0.2, -0.15) is 0 Å². The van der Waals surface area contributed by atoms with Gasteiger partial charge in [-0.25, -0.2) is 0 Å². The van der Waals surface area contributed by atoms with Crippen LogP contribution in [0.25, 0.3) is 0 Å². The van der Waals surface area contributed by atoms with Crippen molar-refractivity contribution in [2.75, 3.05) is 6.54 Å². The predicted molar refractivity (Wildman–Crippen MR) is 99.8 cm³/mol. The molecular weight excluding hydrogens is 344 g/mol. The van der Waals surface area contributed by atoms with E-state index in [2.05, 4.69) is 22.9 Å². The van der Waals surface area contributed by atoms with Gasteiger partial charge in [0.25, 0.3) is 5.91 Å². The normalized spacial score (nSPS) is 28.3. The first-order valence-electron chi connectivity index (χ1n) is 9.77. The molecule has 3 heterocycles. The summed E-state index contributed by atoms with van der Waals surface area (Å²) in [5.41, 5.74) is 2.78. The van der Waals surface area contributed by atoms with E-state index < -0.39 is 6.04 Å². The minimum absolute atomic E-state index is 0.117. The van der Waals surface area contributed by atoms with E-state index in [9.17, 15) is 14.4 Å². The van der Waals surface area contributed by atoms with Crippen LogP contribution in [0.4, 0.5) is 0 Å². The summed E-state index contributed by atoms with van der Waals surface area (Å²) in [5, 5.41) is 9.46. The summed E-state index contributed by atoms with van der Waals surface area (Å²) in [6.07, 6.45) is 2.97. The number of imide groups is 1. The van der Waals surface area contributed by atoms with Crippen molar-refractivity contribution in [3.05, 3.63) is 34.9 Å². The van der Waals surface area contributed by atoms with E-state index in [0.29, 0.717) is 37.2 Å². The van der Waals surface area contributed by atoms with Crippen LogP contribution in [-0.2, 0) is 22.7 Å². The van der Waals surface area contributed by atoms with Crippen LogP contribution >= 0.6 is 0 Å². The monoisotopic (exact) mass is 370 g/mol. The minimum atomic E-state index is -0.564. The van der Waals surface area contributed by atoms with Gasteiger partial charge in [-0.3, -0.25) is 19.7 Å². The van der Waals surface area contributed by atoms with Crippen LogP contribution in [0.3, 0.4) is 0 Å². The number of carbonyl (C=O) groups is 3. The molecule has 2 saturated heterocycles. The average Bonchev–Trinajstić information content (AvgIpc) is 2.98. The Hall–Kier alpha value is -2.25. The van der Waals surface area contributed by atoms with Gasteiger partial charge in [0.05, 0.1) is 0 Å². The molecule has 1 unspecified atom stereocenters. The summed E-state index contributed by atoms with van der Waals surface area (Å²) in [5.74, 6) is -0.747. The van der Waals surface area contributed by atoms with Gasteiger partial charge in [0.1, 0.15) is 6.04 Å². The van der Waals surface area contributed by atoms with E-state index in [1.165, 1.54) is 0 Å². The molecule has 3 aliphatic rings. The largest absolute Gasteiger partial charge is 0.322 e. The Labute approximate surface area is 158 Å². The molecule has 1 aromatic rings. The third-order valence-electron chi connectivity index (χ3n) is 6.00. The van der Waals surface area contributed by atoms with Crippen molar-refractivity contribution in [1.29, 1.82) is 0 Å². The molecule has 7 nitrogen and oxygen atoms in total. The number of rotatable bonds is 4. The number of amides is 3. The van der Waals surface area contributed by atoms with Crippen molar-refractivity contribution in [3.8, 4) is 0 Å². The number of carbonyl (C=O) groups excluding carboxylic acids is 3. The molecule has 3 atom stereocenters. The molecule has 144 valence electrons. The topological polar surface area (TPSA) is 90.5 Å². The Morgan fingerprint density at radius 1 is 1.22 bits per heavy atom. The third kappa shape index (κ3) is 3.49. The maximum atomic E-state index is 12.9.